The summed E-state index contributed by atoms with van der Waals surface area (Å²) in [4.78, 5) is 34.0. The van der Waals surface area contributed by atoms with Crippen LogP contribution in [0.3, 0.4) is 0 Å². The van der Waals surface area contributed by atoms with E-state index in [0.717, 1.165) is 22.7 Å². The summed E-state index contributed by atoms with van der Waals surface area (Å²) in [5.41, 5.74) is -4.18. The van der Waals surface area contributed by atoms with Crippen LogP contribution in [0, 0.1) is 11.5 Å². The predicted octanol–water partition coefficient (Wildman–Crippen LogP) is 5.43. The molecule has 2 heterocycles. The van der Waals surface area contributed by atoms with Crippen LogP contribution >= 0.6 is 0 Å². The number of alkyl halides is 5. The SMILES string of the molecule is COC1CC(C(=O)N(c2ccc(C(C)(C)C)cc2)C(C(=O)NC2CCC(F)(F)CC2)(c2cccnc2)C(F)(F)F)N(C#N)C1. The molecule has 2 fully saturated rings. The summed E-state index contributed by atoms with van der Waals surface area (Å²) in [7, 11) is 1.37. The van der Waals surface area contributed by atoms with Gasteiger partial charge in [0.1, 0.15) is 6.04 Å². The van der Waals surface area contributed by atoms with Crippen LogP contribution in [-0.4, -0.2) is 65.6 Å². The minimum atomic E-state index is -5.44. The standard InChI is InChI=1S/C31H36F5N5O3/c1-28(2,3)20-7-9-23(10-8-20)41(26(42)25-16-24(44-4)18-40(25)19-37)30(31(34,35)36,21-6-5-15-38-17-21)27(43)39-22-11-13-29(32,33)14-12-22/h5-10,15,17,22,24-25H,11-14,16,18H2,1-4H3,(H,39,43). The van der Waals surface area contributed by atoms with Gasteiger partial charge in [0, 0.05) is 56.1 Å². The molecule has 1 aromatic heterocycles. The van der Waals surface area contributed by atoms with Crippen LogP contribution in [0.2, 0.25) is 0 Å². The Balaban J connectivity index is 1.95. The number of likely N-dealkylation sites (tertiary alicyclic amines) is 1. The number of amides is 2. The molecule has 238 valence electrons. The molecule has 1 aliphatic carbocycles. The smallest absolute Gasteiger partial charge is 0.379 e. The van der Waals surface area contributed by atoms with E-state index in [9.17, 15) is 23.6 Å². The second kappa shape index (κ2) is 12.3. The van der Waals surface area contributed by atoms with E-state index in [-0.39, 0.29) is 36.9 Å². The van der Waals surface area contributed by atoms with E-state index < -0.39 is 66.0 Å². The molecule has 2 aliphatic rings. The van der Waals surface area contributed by atoms with Crippen molar-refractivity contribution in [1.82, 2.24) is 15.2 Å². The number of nitriles is 1. The number of pyridine rings is 1. The highest BCUT2D eigenvalue weighted by atomic mass is 19.4. The van der Waals surface area contributed by atoms with Gasteiger partial charge in [0.05, 0.1) is 12.6 Å². The number of anilines is 1. The molecule has 8 nitrogen and oxygen atoms in total. The van der Waals surface area contributed by atoms with Crippen molar-refractivity contribution in [2.24, 2.45) is 0 Å². The van der Waals surface area contributed by atoms with E-state index in [4.69, 9.17) is 4.74 Å². The quantitative estimate of drug-likeness (QED) is 0.327. The second-order valence-corrected chi connectivity index (χ2v) is 12.4. The van der Waals surface area contributed by atoms with E-state index in [2.05, 4.69) is 10.3 Å². The first-order valence-electron chi connectivity index (χ1n) is 14.3. The van der Waals surface area contributed by atoms with Gasteiger partial charge in [0.2, 0.25) is 11.5 Å². The molecule has 13 heteroatoms. The highest BCUT2D eigenvalue weighted by Gasteiger charge is 2.68. The summed E-state index contributed by atoms with van der Waals surface area (Å²) in [6.45, 7) is 5.70. The Labute approximate surface area is 253 Å². The number of methoxy groups -OCH3 is 1. The van der Waals surface area contributed by atoms with Gasteiger partial charge in [-0.2, -0.15) is 18.4 Å². The van der Waals surface area contributed by atoms with Gasteiger partial charge in [0.25, 0.3) is 11.8 Å². The molecule has 0 spiro atoms. The third-order valence-electron chi connectivity index (χ3n) is 8.43. The Morgan fingerprint density at radius 3 is 2.23 bits per heavy atom. The fraction of sp³-hybridized carbons (Fsp3) is 0.548. The lowest BCUT2D eigenvalue weighted by Crippen LogP contribution is -2.69. The van der Waals surface area contributed by atoms with E-state index in [0.29, 0.717) is 4.90 Å². The Kier molecular flexibility index (Phi) is 9.26. The van der Waals surface area contributed by atoms with Crippen molar-refractivity contribution in [1.29, 1.82) is 5.26 Å². The van der Waals surface area contributed by atoms with Crippen LogP contribution in [0.4, 0.5) is 27.6 Å². The normalized spacial score (nSPS) is 22.1. The molecule has 0 radical (unpaired) electrons. The number of hydrogen-bond donors (Lipinski definition) is 1. The van der Waals surface area contributed by atoms with Gasteiger partial charge in [-0.1, -0.05) is 39.0 Å². The minimum Gasteiger partial charge on any atom is -0.379 e. The van der Waals surface area contributed by atoms with E-state index in [1.807, 2.05) is 27.0 Å². The Bertz CT molecular complexity index is 1360. The van der Waals surface area contributed by atoms with Crippen molar-refractivity contribution in [3.63, 3.8) is 0 Å². The predicted molar refractivity (Wildman–Crippen MR) is 151 cm³/mol. The van der Waals surface area contributed by atoms with Gasteiger partial charge in [0.15, 0.2) is 6.19 Å². The number of nitrogens with zero attached hydrogens (tertiary/aromatic N) is 4. The fourth-order valence-electron chi connectivity index (χ4n) is 5.89. The van der Waals surface area contributed by atoms with Crippen LogP contribution in [0.15, 0.2) is 48.8 Å². The van der Waals surface area contributed by atoms with Crippen LogP contribution in [0.25, 0.3) is 0 Å². The van der Waals surface area contributed by atoms with Gasteiger partial charge in [-0.25, -0.2) is 8.78 Å². The molecule has 3 atom stereocenters. The number of halogens is 5. The maximum Gasteiger partial charge on any atom is 0.425 e. The number of carbonyl (C=O) groups excluding carboxylic acids is 2. The van der Waals surface area contributed by atoms with Gasteiger partial charge < -0.3 is 10.1 Å². The Hall–Kier alpha value is -3.79. The summed E-state index contributed by atoms with van der Waals surface area (Å²) in [5.74, 6) is -5.74. The third-order valence-corrected chi connectivity index (χ3v) is 8.43. The summed E-state index contributed by atoms with van der Waals surface area (Å²) in [6, 6.07) is 5.73. The van der Waals surface area contributed by atoms with Crippen LogP contribution in [0.5, 0.6) is 0 Å². The largest absolute Gasteiger partial charge is 0.425 e. The van der Waals surface area contributed by atoms with E-state index in [1.54, 1.807) is 12.1 Å². The van der Waals surface area contributed by atoms with Crippen molar-refractivity contribution in [3.05, 3.63) is 59.9 Å². The van der Waals surface area contributed by atoms with E-state index >= 15 is 13.2 Å². The molecule has 4 rings (SSSR count). The number of nitrogens with one attached hydrogen (secondary N) is 1. The number of ether oxygens (including phenoxy) is 1. The molecule has 1 N–H and O–H groups in total. The number of benzene rings is 1. The average molecular weight is 622 g/mol. The number of rotatable bonds is 7. The summed E-state index contributed by atoms with van der Waals surface area (Å²) < 4.78 is 80.7. The molecule has 1 aromatic carbocycles. The zero-order valence-electron chi connectivity index (χ0n) is 25.0. The number of aromatic nitrogens is 1. The Morgan fingerprint density at radius 2 is 1.73 bits per heavy atom. The first-order chi connectivity index (χ1) is 20.5. The highest BCUT2D eigenvalue weighted by molar-refractivity contribution is 6.07. The van der Waals surface area contributed by atoms with E-state index in [1.165, 1.54) is 31.5 Å². The minimum absolute atomic E-state index is 0.0331. The molecule has 0 bridgehead atoms. The Morgan fingerprint density at radius 1 is 1.09 bits per heavy atom. The zero-order valence-corrected chi connectivity index (χ0v) is 25.0. The lowest BCUT2D eigenvalue weighted by Gasteiger charge is -2.45. The van der Waals surface area contributed by atoms with Crippen molar-refractivity contribution in [2.75, 3.05) is 18.6 Å². The summed E-state index contributed by atoms with van der Waals surface area (Å²) >= 11 is 0. The van der Waals surface area contributed by atoms with Crippen molar-refractivity contribution >= 4 is 17.5 Å². The number of hydrogen-bond acceptors (Lipinski definition) is 6. The maximum atomic E-state index is 15.9. The van der Waals surface area contributed by atoms with Gasteiger partial charge in [-0.3, -0.25) is 24.4 Å². The molecule has 2 amide bonds. The highest BCUT2D eigenvalue weighted by Crippen LogP contribution is 2.48. The van der Waals surface area contributed by atoms with Crippen LogP contribution in [-0.2, 0) is 25.3 Å². The van der Waals surface area contributed by atoms with Crippen molar-refractivity contribution in [3.8, 4) is 6.19 Å². The van der Waals surface area contributed by atoms with Crippen molar-refractivity contribution in [2.45, 2.75) is 94.1 Å². The zero-order chi connectivity index (χ0) is 32.5. The molecule has 3 unspecified atom stereocenters. The summed E-state index contributed by atoms with van der Waals surface area (Å²) in [6.07, 6.45) is -3.88. The molecular formula is C31H36F5N5O3. The first kappa shape index (κ1) is 33.1. The second-order valence-electron chi connectivity index (χ2n) is 12.4. The monoisotopic (exact) mass is 621 g/mol. The first-order valence-corrected chi connectivity index (χ1v) is 14.3. The molecule has 2 aromatic rings. The lowest BCUT2D eigenvalue weighted by atomic mass is 9.83. The molecular weight excluding hydrogens is 585 g/mol. The number of carbonyl (C=O) groups is 2. The lowest BCUT2D eigenvalue weighted by molar-refractivity contribution is -0.198. The molecule has 1 aliphatic heterocycles. The summed E-state index contributed by atoms with van der Waals surface area (Å²) in [5, 5.41) is 12.2. The molecule has 44 heavy (non-hydrogen) atoms. The topological polar surface area (TPSA) is 98.6 Å². The van der Waals surface area contributed by atoms with Crippen LogP contribution in [0.1, 0.15) is 64.0 Å². The molecule has 1 saturated carbocycles. The average Bonchev–Trinajstić information content (AvgIpc) is 3.40. The van der Waals surface area contributed by atoms with Gasteiger partial charge in [-0.15, -0.1) is 0 Å². The van der Waals surface area contributed by atoms with Gasteiger partial charge in [-0.05, 0) is 42.0 Å². The molecule has 1 saturated heterocycles. The third kappa shape index (κ3) is 6.36. The maximum absolute atomic E-state index is 15.9. The van der Waals surface area contributed by atoms with Gasteiger partial charge >= 0.3 is 6.18 Å². The fourth-order valence-corrected chi connectivity index (χ4v) is 5.89. The van der Waals surface area contributed by atoms with Crippen LogP contribution < -0.4 is 10.2 Å². The van der Waals surface area contributed by atoms with Crippen molar-refractivity contribution < 1.29 is 36.3 Å².